The van der Waals surface area contributed by atoms with Gasteiger partial charge in [-0.2, -0.15) is 0 Å². The van der Waals surface area contributed by atoms with E-state index in [2.05, 4.69) is 26.1 Å². The van der Waals surface area contributed by atoms with Gasteiger partial charge in [0.1, 0.15) is 0 Å². The number of esters is 1. The number of hydrogen-bond donors (Lipinski definition) is 0. The molecule has 1 aromatic heterocycles. The van der Waals surface area contributed by atoms with E-state index < -0.39 is 5.97 Å². The van der Waals surface area contributed by atoms with Crippen molar-refractivity contribution in [3.63, 3.8) is 0 Å². The number of nitrogens with zero attached hydrogens (tertiary/aromatic N) is 2. The highest BCUT2D eigenvalue weighted by molar-refractivity contribution is 9.10. The topological polar surface area (TPSA) is 65.2 Å². The number of rotatable bonds is 3. The number of ether oxygens (including phenoxy) is 1. The first-order valence-corrected chi connectivity index (χ1v) is 6.18. The third-order valence-corrected chi connectivity index (χ3v) is 3.17. The van der Waals surface area contributed by atoms with Crippen LogP contribution in [0.5, 0.6) is 0 Å². The van der Waals surface area contributed by atoms with Crippen LogP contribution in [-0.2, 0) is 4.74 Å². The number of benzene rings is 1. The van der Waals surface area contributed by atoms with E-state index in [1.54, 1.807) is 6.92 Å². The van der Waals surface area contributed by atoms with E-state index in [1.165, 1.54) is 0 Å². The van der Waals surface area contributed by atoms with Gasteiger partial charge in [-0.25, -0.2) is 4.79 Å². The van der Waals surface area contributed by atoms with Crippen molar-refractivity contribution >= 4 is 21.9 Å². The molecule has 0 fully saturated rings. The molecule has 0 unspecified atom stereocenters. The fourth-order valence-electron chi connectivity index (χ4n) is 1.39. The van der Waals surface area contributed by atoms with Gasteiger partial charge >= 0.3 is 11.9 Å². The van der Waals surface area contributed by atoms with Crippen molar-refractivity contribution in [2.45, 2.75) is 13.8 Å². The lowest BCUT2D eigenvalue weighted by molar-refractivity contribution is 0.0481. The van der Waals surface area contributed by atoms with E-state index in [9.17, 15) is 4.79 Å². The summed E-state index contributed by atoms with van der Waals surface area (Å²) < 4.78 is 11.0. The molecule has 0 aliphatic rings. The zero-order chi connectivity index (χ0) is 13.1. The summed E-state index contributed by atoms with van der Waals surface area (Å²) in [6, 6.07) is 5.62. The Kier molecular flexibility index (Phi) is 3.76. The first-order chi connectivity index (χ1) is 8.61. The molecule has 0 radical (unpaired) electrons. The monoisotopic (exact) mass is 310 g/mol. The zero-order valence-corrected chi connectivity index (χ0v) is 11.5. The lowest BCUT2D eigenvalue weighted by Gasteiger charge is -1.99. The van der Waals surface area contributed by atoms with Crippen molar-refractivity contribution in [2.75, 3.05) is 6.61 Å². The third-order valence-electron chi connectivity index (χ3n) is 2.28. The molecule has 2 aromatic rings. The number of carbonyl (C=O) groups excluding carboxylic acids is 1. The second-order valence-corrected chi connectivity index (χ2v) is 4.45. The molecular weight excluding hydrogens is 300 g/mol. The molecule has 0 spiro atoms. The Hall–Kier alpha value is -1.69. The highest BCUT2D eigenvalue weighted by Gasteiger charge is 2.16. The Morgan fingerprint density at radius 3 is 2.89 bits per heavy atom. The predicted octanol–water partition coefficient (Wildman–Crippen LogP) is 2.98. The largest absolute Gasteiger partial charge is 0.459 e. The van der Waals surface area contributed by atoms with Crippen molar-refractivity contribution in [2.24, 2.45) is 0 Å². The standard InChI is InChI=1S/C12H11BrN2O3/c1-3-17-12(16)11-15-14-10(18-11)8-4-5-9(13)7(2)6-8/h4-6H,3H2,1-2H3. The molecule has 1 heterocycles. The van der Waals surface area contributed by atoms with Gasteiger partial charge in [0.2, 0.25) is 5.89 Å². The average molecular weight is 311 g/mol. The molecule has 2 rings (SSSR count). The summed E-state index contributed by atoms with van der Waals surface area (Å²) in [5.74, 6) is -0.439. The maximum absolute atomic E-state index is 11.4. The molecule has 0 bridgehead atoms. The van der Waals surface area contributed by atoms with Crippen LogP contribution < -0.4 is 0 Å². The molecule has 94 valence electrons. The van der Waals surface area contributed by atoms with Gasteiger partial charge < -0.3 is 9.15 Å². The minimum atomic E-state index is -0.606. The van der Waals surface area contributed by atoms with Crippen molar-refractivity contribution in [3.8, 4) is 11.5 Å². The highest BCUT2D eigenvalue weighted by Crippen LogP contribution is 2.24. The maximum atomic E-state index is 11.4. The van der Waals surface area contributed by atoms with Gasteiger partial charge in [0.15, 0.2) is 0 Å². The second kappa shape index (κ2) is 5.30. The van der Waals surface area contributed by atoms with Gasteiger partial charge in [-0.3, -0.25) is 0 Å². The summed E-state index contributed by atoms with van der Waals surface area (Å²) >= 11 is 3.41. The molecule has 18 heavy (non-hydrogen) atoms. The van der Waals surface area contributed by atoms with Crippen LogP contribution in [-0.4, -0.2) is 22.8 Å². The van der Waals surface area contributed by atoms with E-state index in [-0.39, 0.29) is 12.5 Å². The molecule has 0 saturated heterocycles. The van der Waals surface area contributed by atoms with Crippen LogP contribution >= 0.6 is 15.9 Å². The fraction of sp³-hybridized carbons (Fsp3) is 0.250. The second-order valence-electron chi connectivity index (χ2n) is 3.60. The quantitative estimate of drug-likeness (QED) is 0.815. The van der Waals surface area contributed by atoms with Crippen molar-refractivity contribution < 1.29 is 13.9 Å². The number of hydrogen-bond acceptors (Lipinski definition) is 5. The van der Waals surface area contributed by atoms with Crippen LogP contribution in [0.3, 0.4) is 0 Å². The van der Waals surface area contributed by atoms with E-state index in [1.807, 2.05) is 25.1 Å². The molecule has 6 heteroatoms. The van der Waals surface area contributed by atoms with Gasteiger partial charge in [-0.15, -0.1) is 10.2 Å². The van der Waals surface area contributed by atoms with Crippen LogP contribution in [0, 0.1) is 6.92 Å². The molecule has 0 saturated carbocycles. The Morgan fingerprint density at radius 2 is 2.22 bits per heavy atom. The Labute approximate surface area is 112 Å². The normalized spacial score (nSPS) is 10.4. The van der Waals surface area contributed by atoms with E-state index in [0.717, 1.165) is 15.6 Å². The molecular formula is C12H11BrN2O3. The van der Waals surface area contributed by atoms with Crippen molar-refractivity contribution in [3.05, 3.63) is 34.1 Å². The number of aryl methyl sites for hydroxylation is 1. The fourth-order valence-corrected chi connectivity index (χ4v) is 1.64. The van der Waals surface area contributed by atoms with E-state index in [0.29, 0.717) is 5.89 Å². The minimum Gasteiger partial charge on any atom is -0.459 e. The Bertz CT molecular complexity index is 580. The minimum absolute atomic E-state index is 0.132. The summed E-state index contributed by atoms with van der Waals surface area (Å²) in [5, 5.41) is 7.49. The van der Waals surface area contributed by atoms with Crippen LogP contribution in [0.25, 0.3) is 11.5 Å². The molecule has 0 amide bonds. The summed E-state index contributed by atoms with van der Waals surface area (Å²) in [6.45, 7) is 3.94. The highest BCUT2D eigenvalue weighted by atomic mass is 79.9. The summed E-state index contributed by atoms with van der Waals surface area (Å²) in [7, 11) is 0. The molecule has 0 N–H and O–H groups in total. The first kappa shape index (κ1) is 12.8. The van der Waals surface area contributed by atoms with Crippen molar-refractivity contribution in [1.82, 2.24) is 10.2 Å². The molecule has 5 nitrogen and oxygen atoms in total. The zero-order valence-electron chi connectivity index (χ0n) is 9.94. The van der Waals surface area contributed by atoms with Crippen LogP contribution in [0.2, 0.25) is 0 Å². The van der Waals surface area contributed by atoms with Crippen LogP contribution in [0.1, 0.15) is 23.2 Å². The Morgan fingerprint density at radius 1 is 1.44 bits per heavy atom. The summed E-state index contributed by atoms with van der Waals surface area (Å²) in [4.78, 5) is 11.4. The first-order valence-electron chi connectivity index (χ1n) is 5.39. The molecule has 0 aliphatic carbocycles. The van der Waals surface area contributed by atoms with Gasteiger partial charge in [-0.1, -0.05) is 15.9 Å². The lowest BCUT2D eigenvalue weighted by Crippen LogP contribution is -2.04. The summed E-state index contributed by atoms with van der Waals surface area (Å²) in [6.07, 6.45) is 0. The average Bonchev–Trinajstić information content (AvgIpc) is 2.82. The molecule has 1 aromatic carbocycles. The lowest BCUT2D eigenvalue weighted by atomic mass is 10.1. The van der Waals surface area contributed by atoms with E-state index >= 15 is 0 Å². The number of carbonyl (C=O) groups is 1. The molecule has 0 atom stereocenters. The van der Waals surface area contributed by atoms with Gasteiger partial charge in [0, 0.05) is 10.0 Å². The van der Waals surface area contributed by atoms with Gasteiger partial charge in [0.25, 0.3) is 0 Å². The van der Waals surface area contributed by atoms with Crippen LogP contribution in [0.4, 0.5) is 0 Å². The van der Waals surface area contributed by atoms with E-state index in [4.69, 9.17) is 9.15 Å². The number of halogens is 1. The third kappa shape index (κ3) is 2.59. The predicted molar refractivity (Wildman–Crippen MR) is 68.1 cm³/mol. The summed E-state index contributed by atoms with van der Waals surface area (Å²) in [5.41, 5.74) is 1.81. The number of aromatic nitrogens is 2. The SMILES string of the molecule is CCOC(=O)c1nnc(-c2ccc(Br)c(C)c2)o1. The van der Waals surface area contributed by atoms with Gasteiger partial charge in [-0.05, 0) is 37.6 Å². The maximum Gasteiger partial charge on any atom is 0.396 e. The van der Waals surface area contributed by atoms with Crippen LogP contribution in [0.15, 0.2) is 27.1 Å². The molecule has 0 aliphatic heterocycles. The Balaban J connectivity index is 2.29. The van der Waals surface area contributed by atoms with Gasteiger partial charge in [0.05, 0.1) is 6.61 Å². The van der Waals surface area contributed by atoms with Crippen molar-refractivity contribution in [1.29, 1.82) is 0 Å². The smallest absolute Gasteiger partial charge is 0.396 e.